The lowest BCUT2D eigenvalue weighted by Gasteiger charge is -2.22. The zero-order valence-corrected chi connectivity index (χ0v) is 12.6. The number of nitrogens with zero attached hydrogens (tertiary/aromatic N) is 2. The maximum absolute atomic E-state index is 13.1. The predicted octanol–water partition coefficient (Wildman–Crippen LogP) is 3.47. The minimum atomic E-state index is -0.769. The lowest BCUT2D eigenvalue weighted by atomic mass is 9.82. The molecule has 0 spiro atoms. The number of benzene rings is 1. The zero-order chi connectivity index (χ0) is 15.7. The van der Waals surface area contributed by atoms with Crippen LogP contribution in [0.5, 0.6) is 0 Å². The van der Waals surface area contributed by atoms with Gasteiger partial charge in [0, 0.05) is 11.3 Å². The van der Waals surface area contributed by atoms with E-state index in [1.807, 2.05) is 11.6 Å². The summed E-state index contributed by atoms with van der Waals surface area (Å²) in [6, 6.07) is 6.27. The third-order valence-corrected chi connectivity index (χ3v) is 4.30. The Bertz CT molecular complexity index is 691. The molecule has 0 saturated carbocycles. The van der Waals surface area contributed by atoms with Gasteiger partial charge >= 0.3 is 5.97 Å². The summed E-state index contributed by atoms with van der Waals surface area (Å²) in [4.78, 5) is 11.1. The van der Waals surface area contributed by atoms with Crippen LogP contribution in [-0.2, 0) is 17.6 Å². The van der Waals surface area contributed by atoms with Gasteiger partial charge in [0.2, 0.25) is 0 Å². The molecule has 0 bridgehead atoms. The molecule has 1 atom stereocenters. The standard InChI is InChI=1S/C17H19FN2O2/c1-2-14-17-11(10-16(21)22)4-3-5-15(17)20(19-14)13-8-6-12(18)7-9-13/h6-9,11H,2-5,10H2,1H3,(H,21,22). The molecule has 0 fully saturated rings. The molecule has 1 aliphatic rings. The first-order chi connectivity index (χ1) is 10.6. The predicted molar refractivity (Wildman–Crippen MR) is 80.8 cm³/mol. The topological polar surface area (TPSA) is 55.1 Å². The molecule has 2 aromatic rings. The van der Waals surface area contributed by atoms with Gasteiger partial charge in [-0.1, -0.05) is 6.92 Å². The first-order valence-corrected chi connectivity index (χ1v) is 7.68. The second-order valence-corrected chi connectivity index (χ2v) is 5.74. The van der Waals surface area contributed by atoms with Crippen LogP contribution < -0.4 is 0 Å². The van der Waals surface area contributed by atoms with E-state index < -0.39 is 5.97 Å². The van der Waals surface area contributed by atoms with Crippen LogP contribution in [0.1, 0.15) is 49.1 Å². The molecule has 1 aliphatic carbocycles. The van der Waals surface area contributed by atoms with E-state index in [0.717, 1.165) is 48.3 Å². The van der Waals surface area contributed by atoms with E-state index in [1.54, 1.807) is 12.1 Å². The summed E-state index contributed by atoms with van der Waals surface area (Å²) in [5.41, 5.74) is 3.97. The van der Waals surface area contributed by atoms with Gasteiger partial charge in [-0.25, -0.2) is 9.07 Å². The molecule has 116 valence electrons. The van der Waals surface area contributed by atoms with Gasteiger partial charge in [-0.15, -0.1) is 0 Å². The fourth-order valence-corrected chi connectivity index (χ4v) is 3.36. The van der Waals surface area contributed by atoms with Gasteiger partial charge in [0.15, 0.2) is 0 Å². The summed E-state index contributed by atoms with van der Waals surface area (Å²) in [6.45, 7) is 2.03. The summed E-state index contributed by atoms with van der Waals surface area (Å²) in [5, 5.41) is 13.8. The van der Waals surface area contributed by atoms with Gasteiger partial charge in [-0.3, -0.25) is 4.79 Å². The average molecular weight is 302 g/mol. The molecule has 0 amide bonds. The number of carboxylic acids is 1. The maximum atomic E-state index is 13.1. The molecule has 4 nitrogen and oxygen atoms in total. The minimum Gasteiger partial charge on any atom is -0.481 e. The number of fused-ring (bicyclic) bond motifs is 1. The van der Waals surface area contributed by atoms with Gasteiger partial charge < -0.3 is 5.11 Å². The molecule has 1 N–H and O–H groups in total. The van der Waals surface area contributed by atoms with E-state index in [9.17, 15) is 9.18 Å². The molecule has 0 aliphatic heterocycles. The Morgan fingerprint density at radius 1 is 1.41 bits per heavy atom. The monoisotopic (exact) mass is 302 g/mol. The number of hydrogen-bond donors (Lipinski definition) is 1. The number of carboxylic acid groups (broad SMARTS) is 1. The first-order valence-electron chi connectivity index (χ1n) is 7.68. The van der Waals surface area contributed by atoms with Crippen LogP contribution in [0.4, 0.5) is 4.39 Å². The number of aromatic nitrogens is 2. The molecule has 0 radical (unpaired) electrons. The molecule has 22 heavy (non-hydrogen) atoms. The van der Waals surface area contributed by atoms with Gasteiger partial charge in [0.25, 0.3) is 0 Å². The Kier molecular flexibility index (Phi) is 3.96. The van der Waals surface area contributed by atoms with Gasteiger partial charge in [-0.2, -0.15) is 5.10 Å². The normalized spacial score (nSPS) is 17.3. The number of carbonyl (C=O) groups is 1. The van der Waals surface area contributed by atoms with Crippen molar-refractivity contribution in [1.82, 2.24) is 9.78 Å². The second-order valence-electron chi connectivity index (χ2n) is 5.74. The van der Waals surface area contributed by atoms with E-state index >= 15 is 0 Å². The van der Waals surface area contributed by atoms with Crippen molar-refractivity contribution in [2.75, 3.05) is 0 Å². The summed E-state index contributed by atoms with van der Waals surface area (Å²) >= 11 is 0. The lowest BCUT2D eigenvalue weighted by molar-refractivity contribution is -0.137. The van der Waals surface area contributed by atoms with E-state index in [-0.39, 0.29) is 18.2 Å². The van der Waals surface area contributed by atoms with Crippen LogP contribution in [-0.4, -0.2) is 20.9 Å². The third-order valence-electron chi connectivity index (χ3n) is 4.30. The molecule has 1 aromatic carbocycles. The lowest BCUT2D eigenvalue weighted by Crippen LogP contribution is -2.15. The highest BCUT2D eigenvalue weighted by atomic mass is 19.1. The maximum Gasteiger partial charge on any atom is 0.303 e. The van der Waals surface area contributed by atoms with Crippen LogP contribution >= 0.6 is 0 Å². The van der Waals surface area contributed by atoms with Gasteiger partial charge in [0.05, 0.1) is 17.8 Å². The van der Waals surface area contributed by atoms with E-state index in [2.05, 4.69) is 5.10 Å². The van der Waals surface area contributed by atoms with E-state index in [1.165, 1.54) is 12.1 Å². The number of rotatable bonds is 4. The van der Waals surface area contributed by atoms with Gasteiger partial charge in [0.1, 0.15) is 5.82 Å². The quantitative estimate of drug-likeness (QED) is 0.941. The average Bonchev–Trinajstić information content (AvgIpc) is 2.87. The fraction of sp³-hybridized carbons (Fsp3) is 0.412. The molecular formula is C17H19FN2O2. The highest BCUT2D eigenvalue weighted by Crippen LogP contribution is 2.37. The summed E-state index contributed by atoms with van der Waals surface area (Å²) in [7, 11) is 0. The Labute approximate surface area is 128 Å². The number of aliphatic carboxylic acids is 1. The molecule has 5 heteroatoms. The van der Waals surface area contributed by atoms with Crippen molar-refractivity contribution in [3.63, 3.8) is 0 Å². The fourth-order valence-electron chi connectivity index (χ4n) is 3.36. The minimum absolute atomic E-state index is 0.0328. The molecule has 3 rings (SSSR count). The second kappa shape index (κ2) is 5.91. The SMILES string of the molecule is CCc1nn(-c2ccc(F)cc2)c2c1C(CC(=O)O)CCC2. The molecule has 1 aromatic heterocycles. The molecule has 0 saturated heterocycles. The summed E-state index contributed by atoms with van der Waals surface area (Å²) in [5.74, 6) is -1.01. The number of aryl methyl sites for hydroxylation is 1. The van der Waals surface area contributed by atoms with Crippen LogP contribution in [0.3, 0.4) is 0 Å². The van der Waals surface area contributed by atoms with Crippen molar-refractivity contribution in [2.24, 2.45) is 0 Å². The van der Waals surface area contributed by atoms with Crippen LogP contribution in [0.2, 0.25) is 0 Å². The molecule has 1 heterocycles. The smallest absolute Gasteiger partial charge is 0.303 e. The first kappa shape index (κ1) is 14.8. The van der Waals surface area contributed by atoms with Crippen LogP contribution in [0.15, 0.2) is 24.3 Å². The van der Waals surface area contributed by atoms with Crippen LogP contribution in [0.25, 0.3) is 5.69 Å². The van der Waals surface area contributed by atoms with E-state index in [0.29, 0.717) is 0 Å². The van der Waals surface area contributed by atoms with Crippen molar-refractivity contribution >= 4 is 5.97 Å². The summed E-state index contributed by atoms with van der Waals surface area (Å²) < 4.78 is 15.0. The summed E-state index contributed by atoms with van der Waals surface area (Å²) in [6.07, 6.45) is 3.65. The van der Waals surface area contributed by atoms with Crippen molar-refractivity contribution < 1.29 is 14.3 Å². The highest BCUT2D eigenvalue weighted by molar-refractivity contribution is 5.68. The van der Waals surface area contributed by atoms with Crippen molar-refractivity contribution in [3.05, 3.63) is 47.0 Å². The van der Waals surface area contributed by atoms with Crippen molar-refractivity contribution in [1.29, 1.82) is 0 Å². The largest absolute Gasteiger partial charge is 0.481 e. The highest BCUT2D eigenvalue weighted by Gasteiger charge is 2.29. The third kappa shape index (κ3) is 2.63. The molecule has 1 unspecified atom stereocenters. The Hall–Kier alpha value is -2.17. The molecular weight excluding hydrogens is 283 g/mol. The van der Waals surface area contributed by atoms with Crippen molar-refractivity contribution in [2.45, 2.75) is 44.9 Å². The number of hydrogen-bond acceptors (Lipinski definition) is 2. The Morgan fingerprint density at radius 2 is 2.14 bits per heavy atom. The van der Waals surface area contributed by atoms with E-state index in [4.69, 9.17) is 5.11 Å². The number of halogens is 1. The van der Waals surface area contributed by atoms with Gasteiger partial charge in [-0.05, 0) is 55.9 Å². The van der Waals surface area contributed by atoms with Crippen molar-refractivity contribution in [3.8, 4) is 5.69 Å². The Balaban J connectivity index is 2.08. The Morgan fingerprint density at radius 3 is 2.77 bits per heavy atom. The zero-order valence-electron chi connectivity index (χ0n) is 12.6. The van der Waals surface area contributed by atoms with Crippen LogP contribution in [0, 0.1) is 5.82 Å².